The van der Waals surface area contributed by atoms with Crippen LogP contribution in [0.2, 0.25) is 0 Å². The number of nitrogens with zero attached hydrogens (tertiary/aromatic N) is 2. The Balaban J connectivity index is 2.43. The van der Waals surface area contributed by atoms with E-state index in [1.54, 1.807) is 6.07 Å². The molecule has 0 atom stereocenters. The number of nitriles is 1. The topological polar surface area (TPSA) is 38.0 Å². The van der Waals surface area contributed by atoms with Crippen LogP contribution in [0.25, 0.3) is 0 Å². The summed E-state index contributed by atoms with van der Waals surface area (Å²) in [5.41, 5.74) is 0.316. The van der Waals surface area contributed by atoms with Gasteiger partial charge in [0.25, 0.3) is 0 Å². The molecule has 0 saturated carbocycles. The van der Waals surface area contributed by atoms with Gasteiger partial charge in [-0.3, -0.25) is 4.74 Å². The smallest absolute Gasteiger partial charge is 0.337 e. The Kier molecular flexibility index (Phi) is 3.14. The third-order valence-corrected chi connectivity index (χ3v) is 1.54. The predicted octanol–water partition coefficient (Wildman–Crippen LogP) is 1.90. The fraction of sp³-hybridized carbons (Fsp3) is 0.375. The standard InChI is InChI=1S/C8H7F3N2O/c9-8(10,11)14-5-4-13-3-1-2-7(13)6-12/h1-3H,4-5H2. The molecule has 0 aliphatic carbocycles. The molecule has 14 heavy (non-hydrogen) atoms. The van der Waals surface area contributed by atoms with E-state index < -0.39 is 13.0 Å². The quantitative estimate of drug-likeness (QED) is 0.754. The first-order valence-corrected chi connectivity index (χ1v) is 3.79. The average molecular weight is 204 g/mol. The Bertz CT molecular complexity index is 337. The molecule has 1 aromatic rings. The Labute approximate surface area is 78.3 Å². The number of alkyl halides is 3. The summed E-state index contributed by atoms with van der Waals surface area (Å²) in [6.07, 6.45) is -3.09. The fourth-order valence-electron chi connectivity index (χ4n) is 0.970. The Hall–Kier alpha value is -1.48. The summed E-state index contributed by atoms with van der Waals surface area (Å²) in [4.78, 5) is 0. The fourth-order valence-corrected chi connectivity index (χ4v) is 0.970. The van der Waals surface area contributed by atoms with Crippen LogP contribution < -0.4 is 0 Å². The van der Waals surface area contributed by atoms with Crippen LogP contribution in [0.15, 0.2) is 18.3 Å². The zero-order chi connectivity index (χ0) is 10.6. The summed E-state index contributed by atoms with van der Waals surface area (Å²) in [6.45, 7) is -0.484. The van der Waals surface area contributed by atoms with Crippen molar-refractivity contribution in [3.05, 3.63) is 24.0 Å². The number of halogens is 3. The van der Waals surface area contributed by atoms with Gasteiger partial charge >= 0.3 is 6.36 Å². The highest BCUT2D eigenvalue weighted by molar-refractivity contribution is 5.21. The summed E-state index contributed by atoms with van der Waals surface area (Å²) in [6, 6.07) is 4.96. The van der Waals surface area contributed by atoms with Gasteiger partial charge in [-0.25, -0.2) is 0 Å². The van der Waals surface area contributed by atoms with Crippen LogP contribution in [-0.4, -0.2) is 17.5 Å². The second kappa shape index (κ2) is 4.15. The monoisotopic (exact) mass is 204 g/mol. The van der Waals surface area contributed by atoms with Gasteiger partial charge in [-0.15, -0.1) is 13.2 Å². The molecular formula is C8H7F3N2O. The first kappa shape index (κ1) is 10.6. The second-order valence-corrected chi connectivity index (χ2v) is 2.49. The maximum absolute atomic E-state index is 11.6. The number of hydrogen-bond acceptors (Lipinski definition) is 2. The number of hydrogen-bond donors (Lipinski definition) is 0. The van der Waals surface area contributed by atoms with Gasteiger partial charge in [-0.05, 0) is 12.1 Å². The third-order valence-electron chi connectivity index (χ3n) is 1.54. The molecule has 0 N–H and O–H groups in total. The van der Waals surface area contributed by atoms with Crippen molar-refractivity contribution in [1.82, 2.24) is 4.57 Å². The molecule has 0 radical (unpaired) electrons. The van der Waals surface area contributed by atoms with Crippen LogP contribution in [-0.2, 0) is 11.3 Å². The SMILES string of the molecule is N#Cc1cccn1CCOC(F)(F)F. The lowest BCUT2D eigenvalue weighted by atomic mass is 10.5. The molecule has 3 nitrogen and oxygen atoms in total. The van der Waals surface area contributed by atoms with Crippen LogP contribution in [0.4, 0.5) is 13.2 Å². The molecule has 0 bridgehead atoms. The van der Waals surface area contributed by atoms with Gasteiger partial charge in [0.1, 0.15) is 11.8 Å². The first-order chi connectivity index (χ1) is 6.53. The molecular weight excluding hydrogens is 197 g/mol. The van der Waals surface area contributed by atoms with Gasteiger partial charge in [0.05, 0.1) is 6.61 Å². The van der Waals surface area contributed by atoms with Crippen molar-refractivity contribution in [3.63, 3.8) is 0 Å². The molecule has 0 saturated heterocycles. The Morgan fingerprint density at radius 3 is 2.79 bits per heavy atom. The maximum atomic E-state index is 11.6. The third kappa shape index (κ3) is 3.11. The summed E-state index contributed by atoms with van der Waals surface area (Å²) in [7, 11) is 0. The Morgan fingerprint density at radius 2 is 2.21 bits per heavy atom. The minimum atomic E-state index is -4.61. The van der Waals surface area contributed by atoms with Crippen LogP contribution in [0.5, 0.6) is 0 Å². The molecule has 0 fully saturated rings. The molecule has 1 rings (SSSR count). The molecule has 0 unspecified atom stereocenters. The lowest BCUT2D eigenvalue weighted by Crippen LogP contribution is -2.17. The minimum absolute atomic E-state index is 0.00933. The molecule has 0 amide bonds. The van der Waals surface area contributed by atoms with Crippen LogP contribution in [0.1, 0.15) is 5.69 Å². The lowest BCUT2D eigenvalue weighted by Gasteiger charge is -2.08. The highest BCUT2D eigenvalue weighted by Crippen LogP contribution is 2.15. The van der Waals surface area contributed by atoms with Crippen molar-refractivity contribution < 1.29 is 17.9 Å². The molecule has 0 spiro atoms. The van der Waals surface area contributed by atoms with Crippen LogP contribution in [0, 0.1) is 11.3 Å². The minimum Gasteiger partial charge on any atom is -0.337 e. The normalized spacial score (nSPS) is 11.3. The summed E-state index contributed by atoms with van der Waals surface area (Å²) < 4.78 is 39.7. The van der Waals surface area contributed by atoms with E-state index in [2.05, 4.69) is 4.74 Å². The van der Waals surface area contributed by atoms with Crippen molar-refractivity contribution in [2.75, 3.05) is 6.61 Å². The molecule has 1 heterocycles. The summed E-state index contributed by atoms with van der Waals surface area (Å²) >= 11 is 0. The number of rotatable bonds is 3. The van der Waals surface area contributed by atoms with Gasteiger partial charge in [0.2, 0.25) is 0 Å². The number of aromatic nitrogens is 1. The zero-order valence-corrected chi connectivity index (χ0v) is 7.08. The van der Waals surface area contributed by atoms with E-state index in [1.807, 2.05) is 6.07 Å². The van der Waals surface area contributed by atoms with E-state index in [-0.39, 0.29) is 6.54 Å². The zero-order valence-electron chi connectivity index (χ0n) is 7.08. The molecule has 0 aliphatic rings. The maximum Gasteiger partial charge on any atom is 0.522 e. The van der Waals surface area contributed by atoms with E-state index in [4.69, 9.17) is 5.26 Å². The molecule has 1 aromatic heterocycles. The van der Waals surface area contributed by atoms with E-state index in [0.29, 0.717) is 5.69 Å². The van der Waals surface area contributed by atoms with Gasteiger partial charge in [-0.2, -0.15) is 5.26 Å². The van der Waals surface area contributed by atoms with Crippen LogP contribution in [0.3, 0.4) is 0 Å². The summed E-state index contributed by atoms with van der Waals surface area (Å²) in [5, 5.41) is 8.53. The lowest BCUT2D eigenvalue weighted by molar-refractivity contribution is -0.325. The molecule has 76 valence electrons. The van der Waals surface area contributed by atoms with Crippen molar-refractivity contribution in [2.45, 2.75) is 12.9 Å². The Morgan fingerprint density at radius 1 is 1.50 bits per heavy atom. The van der Waals surface area contributed by atoms with E-state index in [9.17, 15) is 13.2 Å². The second-order valence-electron chi connectivity index (χ2n) is 2.49. The van der Waals surface area contributed by atoms with Crippen LogP contribution >= 0.6 is 0 Å². The number of ether oxygens (including phenoxy) is 1. The summed E-state index contributed by atoms with van der Waals surface area (Å²) in [5.74, 6) is 0. The van der Waals surface area contributed by atoms with Gasteiger partial charge in [0, 0.05) is 12.7 Å². The first-order valence-electron chi connectivity index (χ1n) is 3.79. The van der Waals surface area contributed by atoms with E-state index in [1.165, 1.54) is 16.8 Å². The molecule has 0 aromatic carbocycles. The largest absolute Gasteiger partial charge is 0.522 e. The van der Waals surface area contributed by atoms with Crippen molar-refractivity contribution in [2.24, 2.45) is 0 Å². The highest BCUT2D eigenvalue weighted by Gasteiger charge is 2.28. The predicted molar refractivity (Wildman–Crippen MR) is 41.2 cm³/mol. The van der Waals surface area contributed by atoms with Gasteiger partial charge < -0.3 is 4.57 Å². The van der Waals surface area contributed by atoms with E-state index in [0.717, 1.165) is 0 Å². The van der Waals surface area contributed by atoms with Gasteiger partial charge in [-0.1, -0.05) is 0 Å². The molecule has 6 heteroatoms. The van der Waals surface area contributed by atoms with E-state index >= 15 is 0 Å². The molecule has 0 aliphatic heterocycles. The van der Waals surface area contributed by atoms with Crippen molar-refractivity contribution in [1.29, 1.82) is 5.26 Å². The average Bonchev–Trinajstić information content (AvgIpc) is 2.49. The van der Waals surface area contributed by atoms with Crippen molar-refractivity contribution in [3.8, 4) is 6.07 Å². The van der Waals surface area contributed by atoms with Gasteiger partial charge in [0.15, 0.2) is 0 Å². The highest BCUT2D eigenvalue weighted by atomic mass is 19.4. The van der Waals surface area contributed by atoms with Crippen molar-refractivity contribution >= 4 is 0 Å².